The lowest BCUT2D eigenvalue weighted by molar-refractivity contribution is -0.111. The van der Waals surface area contributed by atoms with Gasteiger partial charge in [-0.2, -0.15) is 0 Å². The van der Waals surface area contributed by atoms with Gasteiger partial charge in [0.2, 0.25) is 0 Å². The summed E-state index contributed by atoms with van der Waals surface area (Å²) in [6.45, 7) is 0.0162. The second kappa shape index (κ2) is 1.99. The molecular weight excluding hydrogens is 112 g/mol. The minimum atomic E-state index is -1.20. The molecule has 48 valence electrons. The molecule has 3 N–H and O–H groups in total. The van der Waals surface area contributed by atoms with Crippen molar-refractivity contribution in [1.82, 2.24) is 0 Å². The lowest BCUT2D eigenvalue weighted by Gasteiger charge is -2.06. The highest BCUT2D eigenvalue weighted by Gasteiger charge is 2.32. The summed E-state index contributed by atoms with van der Waals surface area (Å²) < 4.78 is 4.43. The lowest BCUT2D eigenvalue weighted by Crippen LogP contribution is -2.29. The van der Waals surface area contributed by atoms with Crippen LogP contribution in [-0.2, 0) is 4.74 Å². The van der Waals surface area contributed by atoms with Crippen LogP contribution in [-0.4, -0.2) is 40.4 Å². The van der Waals surface area contributed by atoms with E-state index in [1.165, 1.54) is 0 Å². The molecule has 0 aromatic carbocycles. The lowest BCUT2D eigenvalue weighted by atomic mass is 10.2. The predicted molar refractivity (Wildman–Crippen MR) is 24.0 cm³/mol. The molecule has 1 rings (SSSR count). The molecule has 4 heteroatoms. The summed E-state index contributed by atoms with van der Waals surface area (Å²) in [6, 6.07) is 0. The van der Waals surface area contributed by atoms with E-state index in [2.05, 4.69) is 4.74 Å². The fourth-order valence-electron chi connectivity index (χ4n) is 0.584. The molecule has 2 unspecified atom stereocenters. The minimum Gasteiger partial charge on any atom is -0.388 e. The summed E-state index contributed by atoms with van der Waals surface area (Å²) in [5.41, 5.74) is 0. The second-order valence-electron chi connectivity index (χ2n) is 1.78. The number of ether oxygens (including phenoxy) is 1. The van der Waals surface area contributed by atoms with Gasteiger partial charge >= 0.3 is 0 Å². The van der Waals surface area contributed by atoms with Crippen LogP contribution in [0.25, 0.3) is 0 Å². The van der Waals surface area contributed by atoms with Crippen LogP contribution in [0.2, 0.25) is 0 Å². The van der Waals surface area contributed by atoms with Crippen molar-refractivity contribution in [2.24, 2.45) is 0 Å². The van der Waals surface area contributed by atoms with Gasteiger partial charge in [-0.25, -0.2) is 0 Å². The molecule has 1 aliphatic heterocycles. The van der Waals surface area contributed by atoms with Crippen molar-refractivity contribution in [1.29, 1.82) is 0 Å². The number of rotatable bonds is 0. The molecule has 1 aliphatic rings. The van der Waals surface area contributed by atoms with E-state index in [4.69, 9.17) is 15.3 Å². The van der Waals surface area contributed by atoms with Gasteiger partial charge in [0, 0.05) is 0 Å². The normalized spacial score (nSPS) is 47.6. The Labute approximate surface area is 46.3 Å². The predicted octanol–water partition coefficient (Wildman–Crippen LogP) is -1.94. The van der Waals surface area contributed by atoms with E-state index >= 15 is 0 Å². The first kappa shape index (κ1) is 5.97. The third kappa shape index (κ3) is 0.830. The van der Waals surface area contributed by atoms with Crippen molar-refractivity contribution in [2.45, 2.75) is 18.5 Å². The zero-order valence-electron chi connectivity index (χ0n) is 4.19. The summed E-state index contributed by atoms with van der Waals surface area (Å²) in [5.74, 6) is 0. The Morgan fingerprint density at radius 3 is 2.00 bits per heavy atom. The van der Waals surface area contributed by atoms with Gasteiger partial charge in [-0.05, 0) is 0 Å². The molecule has 1 saturated heterocycles. The van der Waals surface area contributed by atoms with Crippen molar-refractivity contribution in [3.63, 3.8) is 0 Å². The Hall–Kier alpha value is -0.160. The largest absolute Gasteiger partial charge is 0.388 e. The molecule has 0 aromatic rings. The molecule has 8 heavy (non-hydrogen) atoms. The van der Waals surface area contributed by atoms with Gasteiger partial charge in [-0.1, -0.05) is 0 Å². The maximum atomic E-state index is 8.64. The number of aliphatic hydroxyl groups excluding tert-OH is 3. The molecule has 3 atom stereocenters. The molecule has 4 nitrogen and oxygen atoms in total. The van der Waals surface area contributed by atoms with Crippen LogP contribution in [0.1, 0.15) is 0 Å². The number of hydrogen-bond donors (Lipinski definition) is 3. The molecule has 0 saturated carbocycles. The highest BCUT2D eigenvalue weighted by molar-refractivity contribution is 4.75. The van der Waals surface area contributed by atoms with Crippen LogP contribution in [0.3, 0.4) is 0 Å². The fourth-order valence-corrected chi connectivity index (χ4v) is 0.584. The smallest absolute Gasteiger partial charge is 0.183 e. The molecule has 0 aromatic heterocycles. The van der Waals surface area contributed by atoms with Crippen molar-refractivity contribution in [3.05, 3.63) is 0 Å². The Morgan fingerprint density at radius 2 is 1.88 bits per heavy atom. The zero-order chi connectivity index (χ0) is 6.15. The van der Waals surface area contributed by atoms with E-state index in [0.717, 1.165) is 0 Å². The van der Waals surface area contributed by atoms with Gasteiger partial charge in [0.15, 0.2) is 6.29 Å². The number of hydrogen-bond acceptors (Lipinski definition) is 4. The van der Waals surface area contributed by atoms with Gasteiger partial charge in [-0.15, -0.1) is 0 Å². The van der Waals surface area contributed by atoms with E-state index in [-0.39, 0.29) is 6.61 Å². The topological polar surface area (TPSA) is 69.9 Å². The summed E-state index contributed by atoms with van der Waals surface area (Å²) in [5, 5.41) is 25.8. The standard InChI is InChI=1S/C4H8O4/c5-2-1-8-4(7)3(2)6/h2-7H,1H2/t2?,3-,4?/m1/s1. The van der Waals surface area contributed by atoms with E-state index in [1.807, 2.05) is 0 Å². The van der Waals surface area contributed by atoms with Crippen LogP contribution < -0.4 is 0 Å². The van der Waals surface area contributed by atoms with Crippen LogP contribution >= 0.6 is 0 Å². The fraction of sp³-hybridized carbons (Fsp3) is 1.00. The monoisotopic (exact) mass is 120 g/mol. The SMILES string of the molecule is OC1COC(O)[C@@H]1O. The average molecular weight is 120 g/mol. The Bertz CT molecular complexity index is 74.1. The van der Waals surface area contributed by atoms with Crippen molar-refractivity contribution in [3.8, 4) is 0 Å². The summed E-state index contributed by atoms with van der Waals surface area (Å²) in [7, 11) is 0. The first-order valence-electron chi connectivity index (χ1n) is 2.37. The Balaban J connectivity index is 2.44. The summed E-state index contributed by atoms with van der Waals surface area (Å²) in [6.07, 6.45) is -3.26. The average Bonchev–Trinajstić information content (AvgIpc) is 1.98. The molecule has 1 fully saturated rings. The first-order valence-corrected chi connectivity index (χ1v) is 2.37. The summed E-state index contributed by atoms with van der Waals surface area (Å²) >= 11 is 0. The van der Waals surface area contributed by atoms with E-state index in [1.54, 1.807) is 0 Å². The second-order valence-corrected chi connectivity index (χ2v) is 1.78. The van der Waals surface area contributed by atoms with Gasteiger partial charge < -0.3 is 20.1 Å². The Kier molecular flexibility index (Phi) is 1.48. The molecule has 1 heterocycles. The maximum Gasteiger partial charge on any atom is 0.183 e. The van der Waals surface area contributed by atoms with Gasteiger partial charge in [0.25, 0.3) is 0 Å². The van der Waals surface area contributed by atoms with E-state index in [9.17, 15) is 0 Å². The molecule has 0 aliphatic carbocycles. The molecule has 0 amide bonds. The highest BCUT2D eigenvalue weighted by Crippen LogP contribution is 2.10. The van der Waals surface area contributed by atoms with Gasteiger partial charge in [0.05, 0.1) is 6.61 Å². The molecule has 0 radical (unpaired) electrons. The van der Waals surface area contributed by atoms with Crippen molar-refractivity contribution in [2.75, 3.05) is 6.61 Å². The van der Waals surface area contributed by atoms with Crippen LogP contribution in [0, 0.1) is 0 Å². The van der Waals surface area contributed by atoms with Gasteiger partial charge in [0.1, 0.15) is 12.2 Å². The van der Waals surface area contributed by atoms with Crippen molar-refractivity contribution < 1.29 is 20.1 Å². The molecule has 0 bridgehead atoms. The van der Waals surface area contributed by atoms with Gasteiger partial charge in [-0.3, -0.25) is 0 Å². The van der Waals surface area contributed by atoms with E-state index < -0.39 is 18.5 Å². The van der Waals surface area contributed by atoms with E-state index in [0.29, 0.717) is 0 Å². The third-order valence-electron chi connectivity index (χ3n) is 1.12. The zero-order valence-corrected chi connectivity index (χ0v) is 4.19. The molecular formula is C4H8O4. The first-order chi connectivity index (χ1) is 3.72. The van der Waals surface area contributed by atoms with Crippen LogP contribution in [0.4, 0.5) is 0 Å². The highest BCUT2D eigenvalue weighted by atomic mass is 16.6. The molecule has 0 spiro atoms. The summed E-state index contributed by atoms with van der Waals surface area (Å²) in [4.78, 5) is 0. The third-order valence-corrected chi connectivity index (χ3v) is 1.12. The van der Waals surface area contributed by atoms with Crippen molar-refractivity contribution >= 4 is 0 Å². The maximum absolute atomic E-state index is 8.64. The van der Waals surface area contributed by atoms with Crippen LogP contribution in [0.5, 0.6) is 0 Å². The minimum absolute atomic E-state index is 0.0162. The van der Waals surface area contributed by atoms with Crippen LogP contribution in [0.15, 0.2) is 0 Å². The Morgan fingerprint density at radius 1 is 1.25 bits per heavy atom. The number of aliphatic hydroxyl groups is 3. The quantitative estimate of drug-likeness (QED) is 0.348.